The molecular formula is C25H30BrN3O5. The van der Waals surface area contributed by atoms with Gasteiger partial charge in [0.2, 0.25) is 0 Å². The molecule has 0 spiro atoms. The second-order valence-corrected chi connectivity index (χ2v) is 9.46. The van der Waals surface area contributed by atoms with Crippen molar-refractivity contribution in [2.75, 3.05) is 33.8 Å². The van der Waals surface area contributed by atoms with E-state index in [0.29, 0.717) is 35.3 Å². The maximum atomic E-state index is 13.2. The molecule has 34 heavy (non-hydrogen) atoms. The summed E-state index contributed by atoms with van der Waals surface area (Å²) in [5.74, 6) is -2.24. The zero-order valence-electron chi connectivity index (χ0n) is 20.1. The van der Waals surface area contributed by atoms with Gasteiger partial charge in [0.05, 0.1) is 18.2 Å². The fourth-order valence-corrected chi connectivity index (χ4v) is 4.57. The number of benzene rings is 1. The number of halogens is 1. The first-order chi connectivity index (χ1) is 16.1. The fourth-order valence-electron chi connectivity index (χ4n) is 4.31. The highest BCUT2D eigenvalue weighted by Gasteiger charge is 2.46. The molecule has 1 atom stereocenters. The molecule has 1 aromatic carbocycles. The molecular weight excluding hydrogens is 502 g/mol. The second-order valence-electron chi connectivity index (χ2n) is 8.55. The summed E-state index contributed by atoms with van der Waals surface area (Å²) in [5, 5.41) is 11.4. The van der Waals surface area contributed by atoms with E-state index < -0.39 is 23.7 Å². The number of H-pyrrole nitrogens is 1. The van der Waals surface area contributed by atoms with Crippen molar-refractivity contribution < 1.29 is 24.2 Å². The van der Waals surface area contributed by atoms with Crippen molar-refractivity contribution in [3.8, 4) is 0 Å². The van der Waals surface area contributed by atoms with Crippen LogP contribution in [0.4, 0.5) is 0 Å². The van der Waals surface area contributed by atoms with Gasteiger partial charge in [-0.05, 0) is 71.1 Å². The summed E-state index contributed by atoms with van der Waals surface area (Å²) in [4.78, 5) is 45.1. The van der Waals surface area contributed by atoms with Crippen LogP contribution in [-0.2, 0) is 14.3 Å². The van der Waals surface area contributed by atoms with Crippen LogP contribution < -0.4 is 0 Å². The largest absolute Gasteiger partial charge is 0.507 e. The van der Waals surface area contributed by atoms with E-state index in [-0.39, 0.29) is 23.6 Å². The van der Waals surface area contributed by atoms with Gasteiger partial charge in [-0.1, -0.05) is 28.1 Å². The number of amides is 1. The Morgan fingerprint density at radius 3 is 2.44 bits per heavy atom. The Morgan fingerprint density at radius 1 is 1.21 bits per heavy atom. The van der Waals surface area contributed by atoms with Gasteiger partial charge in [-0.15, -0.1) is 0 Å². The molecule has 1 unspecified atom stereocenters. The molecule has 0 aliphatic carbocycles. The van der Waals surface area contributed by atoms with Gasteiger partial charge in [-0.2, -0.15) is 0 Å². The first kappa shape index (κ1) is 25.7. The minimum Gasteiger partial charge on any atom is -0.507 e. The number of aromatic nitrogens is 1. The maximum absolute atomic E-state index is 13.2. The van der Waals surface area contributed by atoms with Crippen molar-refractivity contribution in [1.82, 2.24) is 14.8 Å². The molecule has 2 heterocycles. The number of aryl methyl sites for hydroxylation is 1. The van der Waals surface area contributed by atoms with E-state index in [1.54, 1.807) is 20.8 Å². The maximum Gasteiger partial charge on any atom is 0.355 e. The average Bonchev–Trinajstić information content (AvgIpc) is 3.21. The van der Waals surface area contributed by atoms with Crippen LogP contribution in [0.15, 0.2) is 34.3 Å². The van der Waals surface area contributed by atoms with Crippen molar-refractivity contribution >= 4 is 39.3 Å². The molecule has 1 fully saturated rings. The number of carbonyl (C=O) groups is 3. The van der Waals surface area contributed by atoms with Gasteiger partial charge in [0, 0.05) is 22.3 Å². The normalized spacial score (nSPS) is 17.6. The molecule has 3 rings (SSSR count). The Morgan fingerprint density at radius 2 is 1.85 bits per heavy atom. The molecule has 1 aliphatic heterocycles. The van der Waals surface area contributed by atoms with Crippen LogP contribution >= 0.6 is 15.9 Å². The van der Waals surface area contributed by atoms with Crippen LogP contribution in [-0.4, -0.2) is 71.3 Å². The summed E-state index contributed by atoms with van der Waals surface area (Å²) >= 11 is 3.42. The van der Waals surface area contributed by atoms with Crippen LogP contribution in [0.5, 0.6) is 0 Å². The first-order valence-electron chi connectivity index (χ1n) is 11.1. The monoisotopic (exact) mass is 531 g/mol. The molecule has 182 valence electrons. The topological polar surface area (TPSA) is 103 Å². The highest BCUT2D eigenvalue weighted by atomic mass is 79.9. The quantitative estimate of drug-likeness (QED) is 0.231. The van der Waals surface area contributed by atoms with Crippen LogP contribution in [0, 0.1) is 13.8 Å². The highest BCUT2D eigenvalue weighted by molar-refractivity contribution is 9.10. The van der Waals surface area contributed by atoms with Crippen LogP contribution in [0.1, 0.15) is 52.3 Å². The first-order valence-corrected chi connectivity index (χ1v) is 11.9. The van der Waals surface area contributed by atoms with E-state index >= 15 is 0 Å². The number of esters is 1. The van der Waals surface area contributed by atoms with Crippen molar-refractivity contribution in [2.24, 2.45) is 0 Å². The number of ketones is 1. The number of likely N-dealkylation sites (tertiary alicyclic amines) is 1. The lowest BCUT2D eigenvalue weighted by atomic mass is 9.94. The minimum atomic E-state index is -0.743. The van der Waals surface area contributed by atoms with Gasteiger partial charge in [0.15, 0.2) is 0 Å². The lowest BCUT2D eigenvalue weighted by molar-refractivity contribution is -0.139. The van der Waals surface area contributed by atoms with Gasteiger partial charge < -0.3 is 24.6 Å². The number of rotatable bonds is 8. The van der Waals surface area contributed by atoms with E-state index in [9.17, 15) is 19.5 Å². The third-order valence-corrected chi connectivity index (χ3v) is 6.41. The summed E-state index contributed by atoms with van der Waals surface area (Å²) in [6.07, 6.45) is 0.669. The van der Waals surface area contributed by atoms with Gasteiger partial charge >= 0.3 is 5.97 Å². The van der Waals surface area contributed by atoms with Gasteiger partial charge in [0.1, 0.15) is 11.5 Å². The van der Waals surface area contributed by atoms with Gasteiger partial charge in [0.25, 0.3) is 11.7 Å². The number of Topliss-reactive ketones (excluding diaryl/α,β-unsaturated/α-hetero) is 1. The summed E-state index contributed by atoms with van der Waals surface area (Å²) in [6, 6.07) is 6.58. The van der Waals surface area contributed by atoms with Crippen LogP contribution in [0.25, 0.3) is 5.76 Å². The Labute approximate surface area is 207 Å². The van der Waals surface area contributed by atoms with Crippen molar-refractivity contribution in [3.05, 3.63) is 62.4 Å². The smallest absolute Gasteiger partial charge is 0.355 e. The standard InChI is InChI=1S/C25H30BrN3O5/c1-6-34-25(33)20-14(2)18(15(3)27-20)22(30)19-21(16-8-10-17(26)11-9-16)29(24(32)23(19)31)13-7-12-28(4)5/h8-11,21,27,30H,6-7,12-13H2,1-5H3. The molecule has 2 N–H and O–H groups in total. The molecule has 1 amide bonds. The number of aliphatic hydroxyl groups excluding tert-OH is 1. The molecule has 0 bridgehead atoms. The third-order valence-electron chi connectivity index (χ3n) is 5.88. The minimum absolute atomic E-state index is 0.0118. The van der Waals surface area contributed by atoms with Crippen LogP contribution in [0.3, 0.4) is 0 Å². The van der Waals surface area contributed by atoms with Gasteiger partial charge in [-0.25, -0.2) is 4.79 Å². The van der Waals surface area contributed by atoms with Crippen molar-refractivity contribution in [3.63, 3.8) is 0 Å². The third kappa shape index (κ3) is 4.95. The molecule has 8 nitrogen and oxygen atoms in total. The molecule has 2 aromatic rings. The van der Waals surface area contributed by atoms with Crippen molar-refractivity contribution in [2.45, 2.75) is 33.2 Å². The predicted octanol–water partition coefficient (Wildman–Crippen LogP) is 3.94. The predicted molar refractivity (Wildman–Crippen MR) is 133 cm³/mol. The Bertz CT molecular complexity index is 1130. The number of carbonyl (C=O) groups excluding carboxylic acids is 3. The second kappa shape index (κ2) is 10.6. The number of nitrogens with one attached hydrogen (secondary N) is 1. The van der Waals surface area contributed by atoms with E-state index in [4.69, 9.17) is 4.74 Å². The number of aromatic amines is 1. The lowest BCUT2D eigenvalue weighted by Crippen LogP contribution is -2.32. The molecule has 1 aromatic heterocycles. The molecule has 1 aliphatic rings. The zero-order chi connectivity index (χ0) is 25.2. The number of hydrogen-bond donors (Lipinski definition) is 2. The molecule has 0 saturated carbocycles. The summed E-state index contributed by atoms with van der Waals surface area (Å²) in [6.45, 7) is 6.40. The molecule has 1 saturated heterocycles. The summed E-state index contributed by atoms with van der Waals surface area (Å²) in [5.41, 5.74) is 2.23. The molecule has 9 heteroatoms. The Kier molecular flexibility index (Phi) is 7.99. The van der Waals surface area contributed by atoms with E-state index in [1.165, 1.54) is 4.90 Å². The summed E-state index contributed by atoms with van der Waals surface area (Å²) < 4.78 is 5.96. The Hall–Kier alpha value is -2.91. The average molecular weight is 532 g/mol. The van der Waals surface area contributed by atoms with E-state index in [1.807, 2.05) is 43.3 Å². The number of nitrogens with zero attached hydrogens (tertiary/aromatic N) is 2. The zero-order valence-corrected chi connectivity index (χ0v) is 21.7. The van der Waals surface area contributed by atoms with Crippen molar-refractivity contribution in [1.29, 1.82) is 0 Å². The highest BCUT2D eigenvalue weighted by Crippen LogP contribution is 2.41. The lowest BCUT2D eigenvalue weighted by Gasteiger charge is -2.26. The Balaban J connectivity index is 2.15. The molecule has 0 radical (unpaired) electrons. The fraction of sp³-hybridized carbons (Fsp3) is 0.400. The SMILES string of the molecule is CCOC(=O)c1[nH]c(C)c(C(O)=C2C(=O)C(=O)N(CCCN(C)C)C2c2ccc(Br)cc2)c1C. The van der Waals surface area contributed by atoms with E-state index in [2.05, 4.69) is 20.9 Å². The number of aliphatic hydroxyl groups is 1. The number of hydrogen-bond acceptors (Lipinski definition) is 6. The van der Waals surface area contributed by atoms with E-state index in [0.717, 1.165) is 11.0 Å². The van der Waals surface area contributed by atoms with Crippen LogP contribution in [0.2, 0.25) is 0 Å². The van der Waals surface area contributed by atoms with Gasteiger partial charge in [-0.3, -0.25) is 9.59 Å². The summed E-state index contributed by atoms with van der Waals surface area (Å²) in [7, 11) is 3.89. The number of ether oxygens (including phenoxy) is 1.